The van der Waals surface area contributed by atoms with E-state index < -0.39 is 6.04 Å². The average molecular weight is 347 g/mol. The molecule has 25 heavy (non-hydrogen) atoms. The molecular formula is C16H17N3O6. The van der Waals surface area contributed by atoms with Crippen LogP contribution in [0.4, 0.5) is 0 Å². The van der Waals surface area contributed by atoms with E-state index in [2.05, 4.69) is 10.6 Å². The topological polar surface area (TPSA) is 106 Å². The second kappa shape index (κ2) is 6.15. The monoisotopic (exact) mass is 347 g/mol. The van der Waals surface area contributed by atoms with Gasteiger partial charge < -0.3 is 29.7 Å². The molecule has 0 unspecified atom stereocenters. The number of ether oxygens (including phenoxy) is 3. The first-order valence-corrected chi connectivity index (χ1v) is 7.99. The largest absolute Gasteiger partial charge is 0.484 e. The molecule has 1 aromatic carbocycles. The number of hydrogen-bond donors (Lipinski definition) is 2. The zero-order valence-electron chi connectivity index (χ0n) is 13.3. The molecule has 3 amide bonds. The SMILES string of the molecule is O=C(COc1ccc2c(c1)OCO2)N[C@@H]1C[C@H]2C(=O)NCC(=O)N2C1. The minimum atomic E-state index is -0.499. The lowest BCUT2D eigenvalue weighted by atomic mass is 10.1. The summed E-state index contributed by atoms with van der Waals surface area (Å²) in [7, 11) is 0. The van der Waals surface area contributed by atoms with E-state index in [1.807, 2.05) is 0 Å². The molecular weight excluding hydrogens is 330 g/mol. The van der Waals surface area contributed by atoms with Gasteiger partial charge in [-0.1, -0.05) is 0 Å². The molecule has 3 aliphatic heterocycles. The Hall–Kier alpha value is -2.97. The highest BCUT2D eigenvalue weighted by Gasteiger charge is 2.42. The summed E-state index contributed by atoms with van der Waals surface area (Å²) in [6.07, 6.45) is 0.410. The van der Waals surface area contributed by atoms with Crippen molar-refractivity contribution in [2.24, 2.45) is 0 Å². The zero-order chi connectivity index (χ0) is 17.4. The second-order valence-corrected chi connectivity index (χ2v) is 6.08. The molecule has 9 nitrogen and oxygen atoms in total. The van der Waals surface area contributed by atoms with Crippen molar-refractivity contribution < 1.29 is 28.6 Å². The van der Waals surface area contributed by atoms with E-state index >= 15 is 0 Å². The number of carbonyl (C=O) groups is 3. The van der Waals surface area contributed by atoms with Gasteiger partial charge in [0, 0.05) is 18.7 Å². The molecule has 2 fully saturated rings. The summed E-state index contributed by atoms with van der Waals surface area (Å²) in [5.41, 5.74) is 0. The summed E-state index contributed by atoms with van der Waals surface area (Å²) in [6, 6.07) is 4.31. The fourth-order valence-corrected chi connectivity index (χ4v) is 3.23. The van der Waals surface area contributed by atoms with Gasteiger partial charge in [-0.15, -0.1) is 0 Å². The minimum Gasteiger partial charge on any atom is -0.484 e. The van der Waals surface area contributed by atoms with E-state index in [9.17, 15) is 14.4 Å². The van der Waals surface area contributed by atoms with Gasteiger partial charge in [0.15, 0.2) is 18.1 Å². The van der Waals surface area contributed by atoms with Gasteiger partial charge in [0.05, 0.1) is 6.54 Å². The predicted octanol–water partition coefficient (Wildman–Crippen LogP) is -0.990. The first-order valence-electron chi connectivity index (χ1n) is 7.99. The lowest BCUT2D eigenvalue weighted by molar-refractivity contribution is -0.143. The number of amides is 3. The molecule has 3 aliphatic rings. The first-order chi connectivity index (χ1) is 12.1. The van der Waals surface area contributed by atoms with Crippen LogP contribution in [0.2, 0.25) is 0 Å². The summed E-state index contributed by atoms with van der Waals surface area (Å²) in [4.78, 5) is 37.2. The van der Waals surface area contributed by atoms with Crippen LogP contribution in [0.3, 0.4) is 0 Å². The van der Waals surface area contributed by atoms with E-state index in [0.29, 0.717) is 30.2 Å². The summed E-state index contributed by atoms with van der Waals surface area (Å²) in [5.74, 6) is 1.11. The summed E-state index contributed by atoms with van der Waals surface area (Å²) in [5, 5.41) is 5.36. The van der Waals surface area contributed by atoms with Crippen LogP contribution in [0.15, 0.2) is 18.2 Å². The Balaban J connectivity index is 1.29. The number of carbonyl (C=O) groups excluding carboxylic acids is 3. The van der Waals surface area contributed by atoms with Crippen molar-refractivity contribution >= 4 is 17.7 Å². The van der Waals surface area contributed by atoms with Crippen molar-refractivity contribution in [3.05, 3.63) is 18.2 Å². The normalized spacial score (nSPS) is 23.9. The first kappa shape index (κ1) is 15.6. The predicted molar refractivity (Wildman–Crippen MR) is 83.1 cm³/mol. The maximum atomic E-state index is 12.1. The molecule has 3 heterocycles. The van der Waals surface area contributed by atoms with Crippen LogP contribution >= 0.6 is 0 Å². The highest BCUT2D eigenvalue weighted by Crippen LogP contribution is 2.35. The number of rotatable bonds is 4. The second-order valence-electron chi connectivity index (χ2n) is 6.08. The average Bonchev–Trinajstić information content (AvgIpc) is 3.23. The van der Waals surface area contributed by atoms with Gasteiger partial charge in [-0.05, 0) is 18.6 Å². The van der Waals surface area contributed by atoms with Crippen LogP contribution in [0.25, 0.3) is 0 Å². The van der Waals surface area contributed by atoms with Gasteiger partial charge in [0.2, 0.25) is 18.6 Å². The van der Waals surface area contributed by atoms with Crippen LogP contribution in [0, 0.1) is 0 Å². The molecule has 132 valence electrons. The van der Waals surface area contributed by atoms with E-state index in [0.717, 1.165) is 0 Å². The Labute approximate surface area is 143 Å². The van der Waals surface area contributed by atoms with Gasteiger partial charge >= 0.3 is 0 Å². The smallest absolute Gasteiger partial charge is 0.258 e. The lowest BCUT2D eigenvalue weighted by Gasteiger charge is -2.28. The van der Waals surface area contributed by atoms with Crippen molar-refractivity contribution in [2.75, 3.05) is 26.5 Å². The minimum absolute atomic E-state index is 0.0171. The van der Waals surface area contributed by atoms with Gasteiger partial charge in [0.25, 0.3) is 5.91 Å². The maximum absolute atomic E-state index is 12.1. The molecule has 0 bridgehead atoms. The molecule has 1 aromatic rings. The van der Waals surface area contributed by atoms with E-state index in [4.69, 9.17) is 14.2 Å². The molecule has 2 atom stereocenters. The Morgan fingerprint density at radius 2 is 2.16 bits per heavy atom. The highest BCUT2D eigenvalue weighted by atomic mass is 16.7. The molecule has 2 saturated heterocycles. The Bertz CT molecular complexity index is 713. The zero-order valence-corrected chi connectivity index (χ0v) is 13.3. The van der Waals surface area contributed by atoms with Gasteiger partial charge in [0.1, 0.15) is 11.8 Å². The summed E-state index contributed by atoms with van der Waals surface area (Å²) in [6.45, 7) is 0.363. The van der Waals surface area contributed by atoms with Crippen LogP contribution in [0.5, 0.6) is 17.2 Å². The number of nitrogens with one attached hydrogen (secondary N) is 2. The van der Waals surface area contributed by atoms with Crippen molar-refractivity contribution in [1.82, 2.24) is 15.5 Å². The molecule has 2 N–H and O–H groups in total. The van der Waals surface area contributed by atoms with E-state index in [1.54, 1.807) is 18.2 Å². The van der Waals surface area contributed by atoms with E-state index in [1.165, 1.54) is 4.90 Å². The van der Waals surface area contributed by atoms with E-state index in [-0.39, 0.29) is 43.7 Å². The number of nitrogens with zero attached hydrogens (tertiary/aromatic N) is 1. The molecule has 0 spiro atoms. The third-order valence-electron chi connectivity index (χ3n) is 4.42. The highest BCUT2D eigenvalue weighted by molar-refractivity contribution is 5.95. The Morgan fingerprint density at radius 1 is 1.32 bits per heavy atom. The van der Waals surface area contributed by atoms with Crippen LogP contribution in [-0.2, 0) is 14.4 Å². The molecule has 0 radical (unpaired) electrons. The van der Waals surface area contributed by atoms with Crippen LogP contribution < -0.4 is 24.8 Å². The van der Waals surface area contributed by atoms with Gasteiger partial charge in [-0.25, -0.2) is 0 Å². The summed E-state index contributed by atoms with van der Waals surface area (Å²) >= 11 is 0. The maximum Gasteiger partial charge on any atom is 0.258 e. The molecule has 9 heteroatoms. The number of hydrogen-bond acceptors (Lipinski definition) is 6. The Kier molecular flexibility index (Phi) is 3.83. The quantitative estimate of drug-likeness (QED) is 0.724. The lowest BCUT2D eigenvalue weighted by Crippen LogP contribution is -2.55. The molecule has 0 aliphatic carbocycles. The fourth-order valence-electron chi connectivity index (χ4n) is 3.23. The van der Waals surface area contributed by atoms with Crippen molar-refractivity contribution in [1.29, 1.82) is 0 Å². The van der Waals surface area contributed by atoms with Gasteiger partial charge in [-0.2, -0.15) is 0 Å². The molecule has 0 saturated carbocycles. The number of benzene rings is 1. The Morgan fingerprint density at radius 3 is 3.00 bits per heavy atom. The van der Waals surface area contributed by atoms with Crippen molar-refractivity contribution in [3.8, 4) is 17.2 Å². The van der Waals surface area contributed by atoms with Crippen molar-refractivity contribution in [3.63, 3.8) is 0 Å². The third kappa shape index (κ3) is 3.04. The molecule has 4 rings (SSSR count). The number of piperazine rings is 1. The van der Waals surface area contributed by atoms with Crippen molar-refractivity contribution in [2.45, 2.75) is 18.5 Å². The standard InChI is InChI=1S/C16H17N3O6/c20-14(7-23-10-1-2-12-13(4-10)25-8-24-12)18-9-3-11-16(22)17-5-15(21)19(11)6-9/h1-2,4,9,11H,3,5-8H2,(H,17,22)(H,18,20)/t9-,11+/m1/s1. The van der Waals surface area contributed by atoms with Gasteiger partial charge in [-0.3, -0.25) is 14.4 Å². The van der Waals surface area contributed by atoms with Crippen LogP contribution in [-0.4, -0.2) is 61.2 Å². The summed E-state index contributed by atoms with van der Waals surface area (Å²) < 4.78 is 15.9. The molecule has 0 aromatic heterocycles. The van der Waals surface area contributed by atoms with Crippen LogP contribution in [0.1, 0.15) is 6.42 Å². The fraction of sp³-hybridized carbons (Fsp3) is 0.438. The third-order valence-corrected chi connectivity index (χ3v) is 4.42. The number of fused-ring (bicyclic) bond motifs is 2.